The van der Waals surface area contributed by atoms with Gasteiger partial charge < -0.3 is 15.2 Å². The molecule has 2 N–H and O–H groups in total. The molecule has 150 valence electrons. The number of hydrogen-bond donors (Lipinski definition) is 2. The summed E-state index contributed by atoms with van der Waals surface area (Å²) in [4.78, 5) is 31.9. The Morgan fingerprint density at radius 3 is 2.55 bits per heavy atom. The molecular weight excluding hydrogens is 364 g/mol. The van der Waals surface area contributed by atoms with Crippen molar-refractivity contribution in [3.8, 4) is 0 Å². The minimum Gasteiger partial charge on any atom is -0.334 e. The summed E-state index contributed by atoms with van der Waals surface area (Å²) in [5, 5.41) is 4.03. The van der Waals surface area contributed by atoms with Crippen molar-refractivity contribution in [1.29, 1.82) is 0 Å². The molecule has 6 nitrogen and oxygen atoms in total. The summed E-state index contributed by atoms with van der Waals surface area (Å²) in [5.41, 5.74) is 3.82. The minimum absolute atomic E-state index is 0.0348. The van der Waals surface area contributed by atoms with Crippen molar-refractivity contribution in [3.63, 3.8) is 0 Å². The van der Waals surface area contributed by atoms with E-state index >= 15 is 0 Å². The van der Waals surface area contributed by atoms with E-state index in [-0.39, 0.29) is 11.6 Å². The molecule has 29 heavy (non-hydrogen) atoms. The van der Waals surface area contributed by atoms with Crippen LogP contribution >= 0.6 is 0 Å². The second kappa shape index (κ2) is 8.49. The fourth-order valence-electron chi connectivity index (χ4n) is 3.71. The molecule has 1 aliphatic heterocycles. The number of amides is 2. The van der Waals surface area contributed by atoms with Gasteiger partial charge in [0.05, 0.1) is 0 Å². The Labute approximate surface area is 170 Å². The lowest BCUT2D eigenvalue weighted by Gasteiger charge is -2.34. The molecule has 1 aromatic heterocycles. The van der Waals surface area contributed by atoms with Gasteiger partial charge in [0.25, 0.3) is 5.56 Å². The second-order valence-electron chi connectivity index (χ2n) is 7.62. The van der Waals surface area contributed by atoms with Crippen molar-refractivity contribution in [2.24, 2.45) is 0 Å². The van der Waals surface area contributed by atoms with Crippen LogP contribution in [0.3, 0.4) is 0 Å². The van der Waals surface area contributed by atoms with E-state index in [1.165, 1.54) is 0 Å². The first-order valence-corrected chi connectivity index (χ1v) is 10.00. The molecule has 4 rings (SSSR count). The molecular formula is C23H26N4O2. The molecule has 1 aliphatic rings. The third-order valence-electron chi connectivity index (χ3n) is 5.42. The van der Waals surface area contributed by atoms with Crippen molar-refractivity contribution >= 4 is 16.9 Å². The van der Waals surface area contributed by atoms with Crippen LogP contribution in [0.15, 0.2) is 59.4 Å². The summed E-state index contributed by atoms with van der Waals surface area (Å²) < 4.78 is 0. The molecule has 1 fully saturated rings. The zero-order valence-electron chi connectivity index (χ0n) is 16.6. The van der Waals surface area contributed by atoms with Crippen molar-refractivity contribution in [3.05, 3.63) is 81.6 Å². The maximum absolute atomic E-state index is 12.5. The predicted molar refractivity (Wildman–Crippen MR) is 115 cm³/mol. The molecule has 0 saturated carbocycles. The molecule has 0 unspecified atom stereocenters. The molecule has 6 heteroatoms. The fourth-order valence-corrected chi connectivity index (χ4v) is 3.71. The number of nitrogens with zero attached hydrogens (tertiary/aromatic N) is 2. The van der Waals surface area contributed by atoms with Gasteiger partial charge in [0.15, 0.2) is 0 Å². The van der Waals surface area contributed by atoms with E-state index in [1.807, 2.05) is 60.4 Å². The molecule has 0 spiro atoms. The van der Waals surface area contributed by atoms with Gasteiger partial charge in [0.2, 0.25) is 0 Å². The van der Waals surface area contributed by atoms with Crippen molar-refractivity contribution in [1.82, 2.24) is 20.1 Å². The number of pyridine rings is 1. The number of hydrogen-bond acceptors (Lipinski definition) is 3. The quantitative estimate of drug-likeness (QED) is 0.720. The van der Waals surface area contributed by atoms with Gasteiger partial charge in [-0.15, -0.1) is 0 Å². The first-order chi connectivity index (χ1) is 14.1. The third-order valence-corrected chi connectivity index (χ3v) is 5.42. The SMILES string of the molecule is Cc1ccc2cc(CN3CCN(C(=O)NCc4ccccc4)CC3)c(=O)[nH]c2c1. The summed E-state index contributed by atoms with van der Waals surface area (Å²) in [6, 6.07) is 17.9. The highest BCUT2D eigenvalue weighted by Gasteiger charge is 2.21. The number of fused-ring (bicyclic) bond motifs is 1. The molecule has 1 saturated heterocycles. The first-order valence-electron chi connectivity index (χ1n) is 10.00. The zero-order valence-corrected chi connectivity index (χ0v) is 16.6. The number of benzene rings is 2. The van der Waals surface area contributed by atoms with Crippen LogP contribution in [-0.4, -0.2) is 47.0 Å². The third kappa shape index (κ3) is 4.66. The van der Waals surface area contributed by atoms with Crippen LogP contribution in [0.2, 0.25) is 0 Å². The number of carbonyl (C=O) groups is 1. The summed E-state index contributed by atoms with van der Waals surface area (Å²) in [6.45, 7) is 5.97. The fraction of sp³-hybridized carbons (Fsp3) is 0.304. The van der Waals surface area contributed by atoms with Crippen LogP contribution in [0.1, 0.15) is 16.7 Å². The average Bonchev–Trinajstić information content (AvgIpc) is 2.74. The van der Waals surface area contributed by atoms with E-state index in [4.69, 9.17) is 0 Å². The monoisotopic (exact) mass is 390 g/mol. The van der Waals surface area contributed by atoms with Crippen LogP contribution in [-0.2, 0) is 13.1 Å². The van der Waals surface area contributed by atoms with E-state index in [1.54, 1.807) is 0 Å². The van der Waals surface area contributed by atoms with Gasteiger partial charge in [-0.1, -0.05) is 42.5 Å². The van der Waals surface area contributed by atoms with E-state index in [2.05, 4.69) is 21.3 Å². The van der Waals surface area contributed by atoms with Crippen LogP contribution in [0.5, 0.6) is 0 Å². The van der Waals surface area contributed by atoms with Gasteiger partial charge in [0.1, 0.15) is 0 Å². The van der Waals surface area contributed by atoms with Gasteiger partial charge in [-0.05, 0) is 35.6 Å². The Balaban J connectivity index is 1.32. The Morgan fingerprint density at radius 1 is 1.03 bits per heavy atom. The first kappa shape index (κ1) is 19.2. The number of carbonyl (C=O) groups excluding carboxylic acids is 1. The predicted octanol–water partition coefficient (Wildman–Crippen LogP) is 2.86. The van der Waals surface area contributed by atoms with E-state index in [0.717, 1.165) is 40.7 Å². The van der Waals surface area contributed by atoms with Crippen molar-refractivity contribution in [2.75, 3.05) is 26.2 Å². The van der Waals surface area contributed by atoms with Crippen LogP contribution in [0.25, 0.3) is 10.9 Å². The lowest BCUT2D eigenvalue weighted by atomic mass is 10.1. The summed E-state index contributed by atoms with van der Waals surface area (Å²) in [5.74, 6) is 0. The molecule has 2 amide bonds. The molecule has 2 heterocycles. The smallest absolute Gasteiger partial charge is 0.317 e. The van der Waals surface area contributed by atoms with Crippen LogP contribution < -0.4 is 10.9 Å². The molecule has 3 aromatic rings. The zero-order chi connectivity index (χ0) is 20.2. The Morgan fingerprint density at radius 2 is 1.79 bits per heavy atom. The number of aryl methyl sites for hydroxylation is 1. The van der Waals surface area contributed by atoms with Gasteiger partial charge in [-0.25, -0.2) is 4.79 Å². The van der Waals surface area contributed by atoms with E-state index < -0.39 is 0 Å². The number of H-pyrrole nitrogens is 1. The normalized spacial score (nSPS) is 14.9. The minimum atomic E-state index is -0.0360. The van der Waals surface area contributed by atoms with E-state index in [0.29, 0.717) is 26.2 Å². The number of rotatable bonds is 4. The van der Waals surface area contributed by atoms with Crippen LogP contribution in [0, 0.1) is 6.92 Å². The number of aromatic nitrogens is 1. The summed E-state index contributed by atoms with van der Waals surface area (Å²) in [6.07, 6.45) is 0. The van der Waals surface area contributed by atoms with Crippen molar-refractivity contribution < 1.29 is 4.79 Å². The number of aromatic amines is 1. The topological polar surface area (TPSA) is 68.4 Å². The maximum Gasteiger partial charge on any atom is 0.317 e. The highest BCUT2D eigenvalue weighted by Crippen LogP contribution is 2.14. The number of piperazine rings is 1. The van der Waals surface area contributed by atoms with Crippen molar-refractivity contribution in [2.45, 2.75) is 20.0 Å². The average molecular weight is 390 g/mol. The summed E-state index contributed by atoms with van der Waals surface area (Å²) >= 11 is 0. The largest absolute Gasteiger partial charge is 0.334 e. The van der Waals surface area contributed by atoms with Gasteiger partial charge in [-0.2, -0.15) is 0 Å². The molecule has 0 aliphatic carbocycles. The summed E-state index contributed by atoms with van der Waals surface area (Å²) in [7, 11) is 0. The second-order valence-corrected chi connectivity index (χ2v) is 7.62. The highest BCUT2D eigenvalue weighted by atomic mass is 16.2. The maximum atomic E-state index is 12.5. The van der Waals surface area contributed by atoms with E-state index in [9.17, 15) is 9.59 Å². The lowest BCUT2D eigenvalue weighted by Crippen LogP contribution is -2.51. The Bertz CT molecular complexity index is 1050. The van der Waals surface area contributed by atoms with Gasteiger partial charge in [-0.3, -0.25) is 9.69 Å². The Hall–Kier alpha value is -3.12. The molecule has 0 bridgehead atoms. The number of urea groups is 1. The molecule has 2 aromatic carbocycles. The number of nitrogens with one attached hydrogen (secondary N) is 2. The molecule has 0 radical (unpaired) electrons. The standard InChI is InChI=1S/C23H26N4O2/c1-17-7-8-19-14-20(22(28)25-21(19)13-17)16-26-9-11-27(12-10-26)23(29)24-15-18-5-3-2-4-6-18/h2-8,13-14H,9-12,15-16H2,1H3,(H,24,29)(H,25,28). The van der Waals surface area contributed by atoms with Gasteiger partial charge >= 0.3 is 6.03 Å². The Kier molecular flexibility index (Phi) is 5.62. The molecule has 0 atom stereocenters. The highest BCUT2D eigenvalue weighted by molar-refractivity contribution is 5.79. The lowest BCUT2D eigenvalue weighted by molar-refractivity contribution is 0.135. The van der Waals surface area contributed by atoms with Crippen LogP contribution in [0.4, 0.5) is 4.79 Å². The van der Waals surface area contributed by atoms with Gasteiger partial charge in [0, 0.05) is 50.3 Å².